The highest BCUT2D eigenvalue weighted by Gasteiger charge is 2.12. The maximum absolute atomic E-state index is 5.52. The monoisotopic (exact) mass is 239 g/mol. The average Bonchev–Trinajstić information content (AvgIpc) is 2.75. The van der Waals surface area contributed by atoms with Crippen LogP contribution in [0, 0.1) is 0 Å². The number of aromatic nitrogens is 1. The van der Waals surface area contributed by atoms with E-state index in [1.807, 2.05) is 6.07 Å². The molecule has 4 nitrogen and oxygen atoms in total. The van der Waals surface area contributed by atoms with E-state index in [0.29, 0.717) is 12.6 Å². The summed E-state index contributed by atoms with van der Waals surface area (Å²) in [4.78, 5) is 2.41. The van der Waals surface area contributed by atoms with Gasteiger partial charge in [0.15, 0.2) is 5.76 Å². The van der Waals surface area contributed by atoms with Gasteiger partial charge in [0.05, 0.1) is 12.2 Å². The van der Waals surface area contributed by atoms with Gasteiger partial charge in [-0.05, 0) is 26.8 Å². The molecule has 0 aromatic carbocycles. The van der Waals surface area contributed by atoms with E-state index in [9.17, 15) is 0 Å². The Balaban J connectivity index is 2.47. The van der Waals surface area contributed by atoms with Crippen LogP contribution in [0.1, 0.15) is 51.5 Å². The Kier molecular flexibility index (Phi) is 6.22. The number of nitrogens with two attached hydrogens (primary N) is 1. The number of hydrogen-bond donors (Lipinski definition) is 1. The zero-order valence-corrected chi connectivity index (χ0v) is 11.3. The van der Waals surface area contributed by atoms with Crippen molar-refractivity contribution in [3.63, 3.8) is 0 Å². The molecule has 0 atom stereocenters. The van der Waals surface area contributed by atoms with Crippen molar-refractivity contribution in [1.29, 1.82) is 0 Å². The van der Waals surface area contributed by atoms with E-state index in [0.717, 1.165) is 24.5 Å². The number of rotatable bonds is 8. The zero-order valence-electron chi connectivity index (χ0n) is 11.3. The van der Waals surface area contributed by atoms with Crippen LogP contribution in [-0.2, 0) is 13.1 Å². The first kappa shape index (κ1) is 14.2. The summed E-state index contributed by atoms with van der Waals surface area (Å²) >= 11 is 0. The van der Waals surface area contributed by atoms with Crippen LogP contribution >= 0.6 is 0 Å². The van der Waals surface area contributed by atoms with Crippen LogP contribution in [0.25, 0.3) is 0 Å². The van der Waals surface area contributed by atoms with Gasteiger partial charge in [0.2, 0.25) is 0 Å². The van der Waals surface area contributed by atoms with Crippen molar-refractivity contribution >= 4 is 0 Å². The van der Waals surface area contributed by atoms with Crippen molar-refractivity contribution in [1.82, 2.24) is 10.1 Å². The van der Waals surface area contributed by atoms with Crippen molar-refractivity contribution in [2.24, 2.45) is 5.73 Å². The van der Waals surface area contributed by atoms with Crippen LogP contribution in [0.2, 0.25) is 0 Å². The van der Waals surface area contributed by atoms with E-state index < -0.39 is 0 Å². The predicted octanol–water partition coefficient (Wildman–Crippen LogP) is 2.53. The van der Waals surface area contributed by atoms with Crippen molar-refractivity contribution in [2.45, 2.75) is 59.2 Å². The first-order valence-corrected chi connectivity index (χ1v) is 6.56. The molecule has 98 valence electrons. The molecule has 0 radical (unpaired) electrons. The van der Waals surface area contributed by atoms with Gasteiger partial charge in [0.25, 0.3) is 0 Å². The topological polar surface area (TPSA) is 55.3 Å². The van der Waals surface area contributed by atoms with E-state index in [-0.39, 0.29) is 0 Å². The summed E-state index contributed by atoms with van der Waals surface area (Å²) in [6.07, 6.45) is 3.78. The minimum atomic E-state index is 0.445. The third-order valence-corrected chi connectivity index (χ3v) is 2.95. The SMILES string of the molecule is CCCCCN(Cc1cc(CN)no1)C(C)C. The molecule has 0 saturated carbocycles. The molecule has 0 amide bonds. The van der Waals surface area contributed by atoms with E-state index in [2.05, 4.69) is 30.8 Å². The molecule has 0 bridgehead atoms. The molecule has 1 heterocycles. The predicted molar refractivity (Wildman–Crippen MR) is 69.5 cm³/mol. The lowest BCUT2D eigenvalue weighted by Gasteiger charge is -2.24. The lowest BCUT2D eigenvalue weighted by atomic mass is 10.2. The molecule has 1 aromatic rings. The van der Waals surface area contributed by atoms with Gasteiger partial charge in [0.1, 0.15) is 0 Å². The molecule has 2 N–H and O–H groups in total. The molecule has 0 aliphatic carbocycles. The Morgan fingerprint density at radius 2 is 2.18 bits per heavy atom. The van der Waals surface area contributed by atoms with E-state index in [4.69, 9.17) is 10.3 Å². The average molecular weight is 239 g/mol. The number of hydrogen-bond acceptors (Lipinski definition) is 4. The largest absolute Gasteiger partial charge is 0.360 e. The summed E-state index contributed by atoms with van der Waals surface area (Å²) in [5.74, 6) is 0.913. The summed E-state index contributed by atoms with van der Waals surface area (Å²) in [5, 5.41) is 3.92. The summed E-state index contributed by atoms with van der Waals surface area (Å²) < 4.78 is 5.27. The highest BCUT2D eigenvalue weighted by atomic mass is 16.5. The van der Waals surface area contributed by atoms with Gasteiger partial charge in [-0.3, -0.25) is 4.90 Å². The van der Waals surface area contributed by atoms with Crippen LogP contribution in [0.3, 0.4) is 0 Å². The second kappa shape index (κ2) is 7.45. The maximum atomic E-state index is 5.52. The Morgan fingerprint density at radius 1 is 1.41 bits per heavy atom. The first-order chi connectivity index (χ1) is 8.17. The highest BCUT2D eigenvalue weighted by molar-refractivity contribution is 5.04. The molecule has 17 heavy (non-hydrogen) atoms. The normalized spacial score (nSPS) is 11.6. The first-order valence-electron chi connectivity index (χ1n) is 6.56. The molecule has 0 spiro atoms. The van der Waals surface area contributed by atoms with Crippen LogP contribution in [-0.4, -0.2) is 22.6 Å². The van der Waals surface area contributed by atoms with Crippen LogP contribution in [0.4, 0.5) is 0 Å². The fourth-order valence-corrected chi connectivity index (χ4v) is 1.81. The summed E-state index contributed by atoms with van der Waals surface area (Å²) in [6.45, 7) is 9.04. The Morgan fingerprint density at radius 3 is 2.71 bits per heavy atom. The third kappa shape index (κ3) is 4.88. The highest BCUT2D eigenvalue weighted by Crippen LogP contribution is 2.11. The van der Waals surface area contributed by atoms with Crippen molar-refractivity contribution in [3.05, 3.63) is 17.5 Å². The van der Waals surface area contributed by atoms with Crippen molar-refractivity contribution in [3.8, 4) is 0 Å². The van der Waals surface area contributed by atoms with Crippen molar-refractivity contribution in [2.75, 3.05) is 6.54 Å². The molecule has 1 aromatic heterocycles. The summed E-state index contributed by atoms with van der Waals surface area (Å²) in [6, 6.07) is 2.48. The van der Waals surface area contributed by atoms with E-state index >= 15 is 0 Å². The molecular weight excluding hydrogens is 214 g/mol. The Hall–Kier alpha value is -0.870. The second-order valence-corrected chi connectivity index (χ2v) is 4.76. The lowest BCUT2D eigenvalue weighted by Crippen LogP contribution is -2.31. The molecule has 0 unspecified atom stereocenters. The Labute approximate surface area is 104 Å². The van der Waals surface area contributed by atoms with Gasteiger partial charge in [-0.15, -0.1) is 0 Å². The summed E-state index contributed by atoms with van der Waals surface area (Å²) in [5.41, 5.74) is 6.35. The van der Waals surface area contributed by atoms with Gasteiger partial charge >= 0.3 is 0 Å². The Bertz CT molecular complexity index is 309. The molecule has 0 fully saturated rings. The molecular formula is C13H25N3O. The van der Waals surface area contributed by atoms with E-state index in [1.54, 1.807) is 0 Å². The van der Waals surface area contributed by atoms with E-state index in [1.165, 1.54) is 19.3 Å². The zero-order chi connectivity index (χ0) is 12.7. The smallest absolute Gasteiger partial charge is 0.151 e. The van der Waals surface area contributed by atoms with Gasteiger partial charge in [-0.1, -0.05) is 24.9 Å². The molecule has 4 heteroatoms. The molecule has 0 saturated heterocycles. The second-order valence-electron chi connectivity index (χ2n) is 4.76. The fourth-order valence-electron chi connectivity index (χ4n) is 1.81. The minimum Gasteiger partial charge on any atom is -0.360 e. The van der Waals surface area contributed by atoms with Gasteiger partial charge in [0, 0.05) is 18.7 Å². The molecule has 0 aliphatic heterocycles. The minimum absolute atomic E-state index is 0.445. The lowest BCUT2D eigenvalue weighted by molar-refractivity contribution is 0.185. The van der Waals surface area contributed by atoms with Crippen LogP contribution in [0.15, 0.2) is 10.6 Å². The van der Waals surface area contributed by atoms with Crippen LogP contribution in [0.5, 0.6) is 0 Å². The maximum Gasteiger partial charge on any atom is 0.151 e. The number of nitrogens with zero attached hydrogens (tertiary/aromatic N) is 2. The van der Waals surface area contributed by atoms with Gasteiger partial charge in [-0.25, -0.2) is 0 Å². The van der Waals surface area contributed by atoms with Gasteiger partial charge in [-0.2, -0.15) is 0 Å². The van der Waals surface area contributed by atoms with Crippen LogP contribution < -0.4 is 5.73 Å². The standard InChI is InChI=1S/C13H25N3O/c1-4-5-6-7-16(11(2)3)10-13-8-12(9-14)15-17-13/h8,11H,4-7,9-10,14H2,1-3H3. The molecule has 1 rings (SSSR count). The molecule has 0 aliphatic rings. The third-order valence-electron chi connectivity index (χ3n) is 2.95. The number of unbranched alkanes of at least 4 members (excludes halogenated alkanes) is 2. The van der Waals surface area contributed by atoms with Crippen molar-refractivity contribution < 1.29 is 4.52 Å². The van der Waals surface area contributed by atoms with Gasteiger partial charge < -0.3 is 10.3 Å². The quantitative estimate of drug-likeness (QED) is 0.708. The summed E-state index contributed by atoms with van der Waals surface area (Å²) in [7, 11) is 0. The fraction of sp³-hybridized carbons (Fsp3) is 0.769.